The van der Waals surface area contributed by atoms with Crippen LogP contribution in [0.5, 0.6) is 0 Å². The zero-order chi connectivity index (χ0) is 33.9. The van der Waals surface area contributed by atoms with Crippen molar-refractivity contribution in [1.29, 1.82) is 5.26 Å². The molecule has 6 aromatic carbocycles. The summed E-state index contributed by atoms with van der Waals surface area (Å²) in [6, 6.07) is 50.7. The van der Waals surface area contributed by atoms with E-state index in [-0.39, 0.29) is 5.92 Å². The van der Waals surface area contributed by atoms with Crippen LogP contribution in [0.4, 0.5) is 0 Å². The molecule has 0 radical (unpaired) electrons. The van der Waals surface area contributed by atoms with E-state index in [1.54, 1.807) is 0 Å². The highest BCUT2D eigenvalue weighted by atomic mass is 15.0. The minimum Gasteiger partial charge on any atom is -0.208 e. The zero-order valence-electron chi connectivity index (χ0n) is 27.8. The minimum absolute atomic E-state index is 0.257. The smallest absolute Gasteiger partial charge is 0.164 e. The van der Waals surface area contributed by atoms with Crippen molar-refractivity contribution < 1.29 is 0 Å². The van der Waals surface area contributed by atoms with E-state index in [1.807, 2.05) is 72.8 Å². The molecular weight excluding hydrogens is 621 g/mol. The van der Waals surface area contributed by atoms with Crippen molar-refractivity contribution in [3.63, 3.8) is 0 Å². The predicted octanol–water partition coefficient (Wildman–Crippen LogP) is 11.0. The minimum atomic E-state index is 0.257. The van der Waals surface area contributed by atoms with Crippen molar-refractivity contribution in [2.24, 2.45) is 11.8 Å². The van der Waals surface area contributed by atoms with Crippen LogP contribution in [0.15, 0.2) is 158 Å². The maximum atomic E-state index is 9.46. The van der Waals surface area contributed by atoms with Crippen LogP contribution in [-0.4, -0.2) is 15.0 Å². The average molecular weight is 653 g/mol. The molecule has 0 saturated heterocycles. The Morgan fingerprint density at radius 3 is 1.75 bits per heavy atom. The Labute approximate surface area is 297 Å². The second kappa shape index (κ2) is 11.9. The first-order valence-electron chi connectivity index (χ1n) is 17.7. The van der Waals surface area contributed by atoms with Crippen LogP contribution in [0.25, 0.3) is 61.6 Å². The highest BCUT2D eigenvalue weighted by Gasteiger charge is 2.53. The fraction of sp³-hybridized carbons (Fsp3) is 0.106. The van der Waals surface area contributed by atoms with Crippen LogP contribution in [0, 0.1) is 23.2 Å². The van der Waals surface area contributed by atoms with E-state index >= 15 is 0 Å². The number of hydrogen-bond donors (Lipinski definition) is 0. The van der Waals surface area contributed by atoms with Gasteiger partial charge < -0.3 is 0 Å². The summed E-state index contributed by atoms with van der Waals surface area (Å²) in [6.45, 7) is 0. The molecule has 0 spiro atoms. The first-order valence-corrected chi connectivity index (χ1v) is 17.7. The summed E-state index contributed by atoms with van der Waals surface area (Å²) < 4.78 is 0. The standard InChI is InChI=1S/C47H32N4/c48-28-29-18-20-31(21-19-29)39-26-42-43-35(16-9-17-38(43)40-27-41(40)44(42)37-15-8-7-14-36(37)39)30-22-24-34(25-23-30)47-50-45(32-10-3-1-4-11-32)49-46(51-47)33-12-5-2-6-13-33/h1-26,38,40-41,43H,27H2. The van der Waals surface area contributed by atoms with Crippen molar-refractivity contribution >= 4 is 16.3 Å². The molecule has 1 saturated carbocycles. The van der Waals surface area contributed by atoms with Crippen LogP contribution >= 0.6 is 0 Å². The van der Waals surface area contributed by atoms with E-state index in [0.717, 1.165) is 22.3 Å². The summed E-state index contributed by atoms with van der Waals surface area (Å²) in [4.78, 5) is 14.8. The molecule has 4 unspecified atom stereocenters. The lowest BCUT2D eigenvalue weighted by molar-refractivity contribution is 0.486. The molecule has 240 valence electrons. The topological polar surface area (TPSA) is 62.5 Å². The molecule has 3 aliphatic carbocycles. The largest absolute Gasteiger partial charge is 0.208 e. The Hall–Kier alpha value is -6.44. The van der Waals surface area contributed by atoms with Crippen molar-refractivity contribution in [3.8, 4) is 51.4 Å². The Morgan fingerprint density at radius 1 is 0.569 bits per heavy atom. The average Bonchev–Trinajstić information content (AvgIpc) is 4.02. The van der Waals surface area contributed by atoms with Crippen molar-refractivity contribution in [1.82, 2.24) is 15.0 Å². The van der Waals surface area contributed by atoms with Gasteiger partial charge in [-0.25, -0.2) is 15.0 Å². The van der Waals surface area contributed by atoms with Gasteiger partial charge >= 0.3 is 0 Å². The highest BCUT2D eigenvalue weighted by Crippen LogP contribution is 2.66. The summed E-state index contributed by atoms with van der Waals surface area (Å²) >= 11 is 0. The maximum absolute atomic E-state index is 9.46. The van der Waals surface area contributed by atoms with Crippen molar-refractivity contribution in [3.05, 3.63) is 180 Å². The van der Waals surface area contributed by atoms with Crippen molar-refractivity contribution in [2.45, 2.75) is 18.3 Å². The van der Waals surface area contributed by atoms with E-state index in [1.165, 1.54) is 45.0 Å². The van der Waals surface area contributed by atoms with Crippen LogP contribution < -0.4 is 0 Å². The third-order valence-corrected chi connectivity index (χ3v) is 11.0. The maximum Gasteiger partial charge on any atom is 0.164 e. The van der Waals surface area contributed by atoms with Gasteiger partial charge in [0.1, 0.15) is 0 Å². The molecule has 0 aliphatic heterocycles. The number of fused-ring (bicyclic) bond motifs is 8. The molecule has 0 bridgehead atoms. The lowest BCUT2D eigenvalue weighted by Gasteiger charge is -2.37. The van der Waals surface area contributed by atoms with E-state index in [9.17, 15) is 5.26 Å². The Balaban J connectivity index is 1.07. The summed E-state index contributed by atoms with van der Waals surface area (Å²) in [7, 11) is 0. The number of aromatic nitrogens is 3. The van der Waals surface area contributed by atoms with E-state index in [4.69, 9.17) is 15.0 Å². The molecule has 1 heterocycles. The van der Waals surface area contributed by atoms with E-state index in [0.29, 0.717) is 40.8 Å². The number of nitriles is 1. The van der Waals surface area contributed by atoms with Gasteiger partial charge in [-0.3, -0.25) is 0 Å². The SMILES string of the molecule is N#Cc1ccc(-c2cc3c(c4ccccc24)C2CC2C2C=CC=C(c4ccc(-c5nc(-c6ccccc6)nc(-c6ccccc6)n5)cc4)C32)cc1. The third-order valence-electron chi connectivity index (χ3n) is 11.0. The Bertz CT molecular complexity index is 2500. The van der Waals surface area contributed by atoms with Gasteiger partial charge in [-0.15, -0.1) is 0 Å². The second-order valence-corrected chi connectivity index (χ2v) is 13.8. The van der Waals surface area contributed by atoms with Crippen LogP contribution in [0.2, 0.25) is 0 Å². The molecule has 1 fully saturated rings. The van der Waals surface area contributed by atoms with Gasteiger partial charge in [-0.2, -0.15) is 5.26 Å². The Morgan fingerprint density at radius 2 is 1.12 bits per heavy atom. The molecule has 51 heavy (non-hydrogen) atoms. The van der Waals surface area contributed by atoms with E-state index in [2.05, 4.69) is 91.0 Å². The van der Waals surface area contributed by atoms with Crippen molar-refractivity contribution in [2.75, 3.05) is 0 Å². The number of allylic oxidation sites excluding steroid dienone is 4. The van der Waals surface area contributed by atoms with Crippen LogP contribution in [0.1, 0.15) is 40.5 Å². The quantitative estimate of drug-likeness (QED) is 0.186. The van der Waals surface area contributed by atoms with Gasteiger partial charge in [0.2, 0.25) is 0 Å². The molecular formula is C47H32N4. The van der Waals surface area contributed by atoms with Gasteiger partial charge in [-0.1, -0.05) is 140 Å². The molecule has 7 aromatic rings. The molecule has 3 aliphatic rings. The first kappa shape index (κ1) is 29.5. The van der Waals surface area contributed by atoms with Gasteiger partial charge in [0, 0.05) is 22.6 Å². The number of rotatable bonds is 5. The number of hydrogen-bond acceptors (Lipinski definition) is 4. The normalized spacial score (nSPS) is 19.7. The number of benzene rings is 6. The summed E-state index contributed by atoms with van der Waals surface area (Å²) in [5, 5.41) is 12.1. The fourth-order valence-corrected chi connectivity index (χ4v) is 8.53. The lowest BCUT2D eigenvalue weighted by atomic mass is 9.67. The monoisotopic (exact) mass is 652 g/mol. The highest BCUT2D eigenvalue weighted by molar-refractivity contribution is 6.01. The summed E-state index contributed by atoms with van der Waals surface area (Å²) in [6.07, 6.45) is 8.28. The summed E-state index contributed by atoms with van der Waals surface area (Å²) in [5.74, 6) is 3.95. The van der Waals surface area contributed by atoms with Crippen LogP contribution in [-0.2, 0) is 0 Å². The molecule has 4 heteroatoms. The summed E-state index contributed by atoms with van der Waals surface area (Å²) in [5.41, 5.74) is 11.5. The first-order chi connectivity index (χ1) is 25.2. The Kier molecular flexibility index (Phi) is 6.85. The predicted molar refractivity (Wildman–Crippen MR) is 204 cm³/mol. The van der Waals surface area contributed by atoms with Crippen LogP contribution in [0.3, 0.4) is 0 Å². The molecule has 0 N–H and O–H groups in total. The molecule has 10 rings (SSSR count). The van der Waals surface area contributed by atoms with Gasteiger partial charge in [0.15, 0.2) is 17.5 Å². The molecule has 4 nitrogen and oxygen atoms in total. The van der Waals surface area contributed by atoms with Gasteiger partial charge in [0.05, 0.1) is 11.6 Å². The molecule has 4 atom stereocenters. The zero-order valence-corrected chi connectivity index (χ0v) is 27.8. The lowest BCUT2D eigenvalue weighted by Crippen LogP contribution is -2.23. The number of nitrogens with zero attached hydrogens (tertiary/aromatic N) is 4. The van der Waals surface area contributed by atoms with Gasteiger partial charge in [0.25, 0.3) is 0 Å². The fourth-order valence-electron chi connectivity index (χ4n) is 8.53. The third kappa shape index (κ3) is 5.01. The molecule has 1 aromatic heterocycles. The molecule has 0 amide bonds. The second-order valence-electron chi connectivity index (χ2n) is 13.8. The van der Waals surface area contributed by atoms with Gasteiger partial charge in [-0.05, 0) is 86.5 Å². The van der Waals surface area contributed by atoms with E-state index < -0.39 is 0 Å².